The number of fused-ring (bicyclic) bond motifs is 1. The number of hydrogen-bond donors (Lipinski definition) is 1. The van der Waals surface area contributed by atoms with Gasteiger partial charge in [-0.25, -0.2) is 13.4 Å². The number of amides is 1. The van der Waals surface area contributed by atoms with Crippen molar-refractivity contribution in [2.24, 2.45) is 0 Å². The molecular weight excluding hydrogens is 495 g/mol. The number of anilines is 2. The number of pyridine rings is 2. The van der Waals surface area contributed by atoms with Gasteiger partial charge in [0, 0.05) is 35.6 Å². The molecule has 0 radical (unpaired) electrons. The first-order valence-corrected chi connectivity index (χ1v) is 12.8. The van der Waals surface area contributed by atoms with E-state index in [-0.39, 0.29) is 16.3 Å². The van der Waals surface area contributed by atoms with Crippen LogP contribution in [-0.4, -0.2) is 36.6 Å². The summed E-state index contributed by atoms with van der Waals surface area (Å²) >= 11 is 12.8. The van der Waals surface area contributed by atoms with E-state index in [1.165, 1.54) is 16.4 Å². The molecule has 1 amide bonds. The summed E-state index contributed by atoms with van der Waals surface area (Å²) in [5, 5.41) is 4.39. The molecule has 5 rings (SSSR count). The highest BCUT2D eigenvalue weighted by atomic mass is 35.5. The number of carbonyl (C=O) groups excluding carboxylic acids is 1. The Kier molecular flexibility index (Phi) is 5.89. The van der Waals surface area contributed by atoms with Crippen molar-refractivity contribution in [3.8, 4) is 11.3 Å². The van der Waals surface area contributed by atoms with Crippen molar-refractivity contribution in [2.45, 2.75) is 6.42 Å². The molecule has 34 heavy (non-hydrogen) atoms. The third-order valence-electron chi connectivity index (χ3n) is 5.57. The van der Waals surface area contributed by atoms with Gasteiger partial charge in [-0.15, -0.1) is 0 Å². The van der Waals surface area contributed by atoms with Crippen molar-refractivity contribution in [2.75, 3.05) is 21.9 Å². The molecule has 0 saturated carbocycles. The number of rotatable bonds is 4. The second-order valence-corrected chi connectivity index (χ2v) is 10.6. The van der Waals surface area contributed by atoms with E-state index in [1.54, 1.807) is 36.7 Å². The summed E-state index contributed by atoms with van der Waals surface area (Å²) in [6.45, 7) is 0.400. The molecule has 1 saturated heterocycles. The summed E-state index contributed by atoms with van der Waals surface area (Å²) in [4.78, 5) is 21.7. The Hall–Kier alpha value is -3.20. The van der Waals surface area contributed by atoms with E-state index >= 15 is 0 Å². The summed E-state index contributed by atoms with van der Waals surface area (Å²) < 4.78 is 25.7. The van der Waals surface area contributed by atoms with Crippen LogP contribution < -0.4 is 9.62 Å². The molecular formula is C24H18Cl2N4O3S. The van der Waals surface area contributed by atoms with Crippen molar-refractivity contribution >= 4 is 61.4 Å². The summed E-state index contributed by atoms with van der Waals surface area (Å²) in [5.74, 6) is -0.319. The van der Waals surface area contributed by atoms with Crippen LogP contribution in [0.2, 0.25) is 10.0 Å². The lowest BCUT2D eigenvalue weighted by Crippen LogP contribution is -2.25. The Labute approximate surface area is 206 Å². The monoisotopic (exact) mass is 512 g/mol. The van der Waals surface area contributed by atoms with Crippen molar-refractivity contribution in [1.29, 1.82) is 0 Å². The molecule has 7 nitrogen and oxygen atoms in total. The summed E-state index contributed by atoms with van der Waals surface area (Å²) in [6.07, 6.45) is 3.97. The smallest absolute Gasteiger partial charge is 0.257 e. The largest absolute Gasteiger partial charge is 0.322 e. The molecule has 4 aromatic rings. The normalized spacial score (nSPS) is 14.9. The molecule has 10 heteroatoms. The Morgan fingerprint density at radius 2 is 1.85 bits per heavy atom. The maximum Gasteiger partial charge on any atom is 0.257 e. The Morgan fingerprint density at radius 1 is 1.00 bits per heavy atom. The van der Waals surface area contributed by atoms with Crippen LogP contribution in [0.4, 0.5) is 11.4 Å². The maximum atomic E-state index is 12.9. The van der Waals surface area contributed by atoms with Gasteiger partial charge in [-0.3, -0.25) is 14.1 Å². The molecule has 0 unspecified atom stereocenters. The molecule has 1 fully saturated rings. The van der Waals surface area contributed by atoms with Crippen molar-refractivity contribution in [1.82, 2.24) is 9.97 Å². The number of hydrogen-bond acceptors (Lipinski definition) is 5. The molecule has 0 aliphatic carbocycles. The number of carbonyl (C=O) groups is 1. The van der Waals surface area contributed by atoms with Gasteiger partial charge in [-0.1, -0.05) is 23.2 Å². The van der Waals surface area contributed by atoms with Crippen LogP contribution in [0.1, 0.15) is 16.8 Å². The van der Waals surface area contributed by atoms with Gasteiger partial charge >= 0.3 is 0 Å². The van der Waals surface area contributed by atoms with Crippen LogP contribution in [-0.2, 0) is 10.0 Å². The topological polar surface area (TPSA) is 92.3 Å². The van der Waals surface area contributed by atoms with Gasteiger partial charge in [0.15, 0.2) is 0 Å². The first kappa shape index (κ1) is 22.6. The summed E-state index contributed by atoms with van der Waals surface area (Å²) in [5.41, 5.74) is 3.31. The van der Waals surface area contributed by atoms with Gasteiger partial charge in [0.2, 0.25) is 10.0 Å². The minimum Gasteiger partial charge on any atom is -0.322 e. The zero-order valence-electron chi connectivity index (χ0n) is 17.7. The molecule has 1 N–H and O–H groups in total. The Balaban J connectivity index is 1.41. The highest BCUT2D eigenvalue weighted by Gasteiger charge is 2.29. The highest BCUT2D eigenvalue weighted by Crippen LogP contribution is 2.32. The fourth-order valence-electron chi connectivity index (χ4n) is 3.89. The van der Waals surface area contributed by atoms with E-state index in [0.717, 1.165) is 10.9 Å². The van der Waals surface area contributed by atoms with Gasteiger partial charge in [0.1, 0.15) is 0 Å². The summed E-state index contributed by atoms with van der Waals surface area (Å²) in [7, 11) is -3.34. The average molecular weight is 513 g/mol. The molecule has 2 aromatic carbocycles. The van der Waals surface area contributed by atoms with E-state index in [1.807, 2.05) is 18.2 Å². The molecule has 1 aliphatic heterocycles. The quantitative estimate of drug-likeness (QED) is 0.395. The van der Waals surface area contributed by atoms with Gasteiger partial charge < -0.3 is 5.32 Å². The minimum atomic E-state index is -3.34. The lowest BCUT2D eigenvalue weighted by atomic mass is 10.1. The first-order valence-electron chi connectivity index (χ1n) is 10.4. The molecule has 2 aromatic heterocycles. The second kappa shape index (κ2) is 8.87. The average Bonchev–Trinajstić information content (AvgIpc) is 3.18. The Morgan fingerprint density at radius 3 is 2.62 bits per heavy atom. The van der Waals surface area contributed by atoms with Crippen LogP contribution in [0, 0.1) is 0 Å². The van der Waals surface area contributed by atoms with Crippen molar-refractivity contribution < 1.29 is 13.2 Å². The SMILES string of the molecule is O=C(Nc1ccc(Cl)c(-c2ccc3cnccc3n2)c1)c1ccc(N2CCCS2(=O)=O)cc1Cl. The van der Waals surface area contributed by atoms with Crippen LogP contribution in [0.15, 0.2) is 67.0 Å². The van der Waals surface area contributed by atoms with Crippen LogP contribution in [0.25, 0.3) is 22.2 Å². The van der Waals surface area contributed by atoms with E-state index in [4.69, 9.17) is 23.2 Å². The lowest BCUT2D eigenvalue weighted by Gasteiger charge is -2.18. The third kappa shape index (κ3) is 4.32. The zero-order valence-corrected chi connectivity index (χ0v) is 20.0. The molecule has 0 bridgehead atoms. The number of nitrogens with one attached hydrogen (secondary N) is 1. The number of aromatic nitrogens is 2. The van der Waals surface area contributed by atoms with E-state index in [9.17, 15) is 13.2 Å². The van der Waals surface area contributed by atoms with Gasteiger partial charge in [0.25, 0.3) is 5.91 Å². The molecule has 0 atom stereocenters. The van der Waals surface area contributed by atoms with Crippen LogP contribution in [0.3, 0.4) is 0 Å². The zero-order chi connectivity index (χ0) is 23.9. The predicted octanol–water partition coefficient (Wildman–Crippen LogP) is 5.40. The molecule has 1 aliphatic rings. The van der Waals surface area contributed by atoms with E-state index < -0.39 is 15.9 Å². The molecule has 3 heterocycles. The standard InChI is InChI=1S/C24H18Cl2N4O3S/c25-20-6-3-16(12-19(20)23-7-2-15-14-27-9-8-22(15)29-23)28-24(31)18-5-4-17(13-21(18)26)30-10-1-11-34(30,32)33/h2-9,12-14H,1,10-11H2,(H,28,31). The highest BCUT2D eigenvalue weighted by molar-refractivity contribution is 7.93. The van der Waals surface area contributed by atoms with Crippen LogP contribution in [0.5, 0.6) is 0 Å². The second-order valence-electron chi connectivity index (χ2n) is 7.82. The van der Waals surface area contributed by atoms with Gasteiger partial charge in [-0.05, 0) is 61.0 Å². The third-order valence-corrected chi connectivity index (χ3v) is 8.09. The number of nitrogens with zero attached hydrogens (tertiary/aromatic N) is 3. The first-order chi connectivity index (χ1) is 16.3. The predicted molar refractivity (Wildman–Crippen MR) is 135 cm³/mol. The Bertz CT molecular complexity index is 1540. The molecule has 172 valence electrons. The van der Waals surface area contributed by atoms with E-state index in [0.29, 0.717) is 40.6 Å². The fraction of sp³-hybridized carbons (Fsp3) is 0.125. The lowest BCUT2D eigenvalue weighted by molar-refractivity contribution is 0.102. The number of benzene rings is 2. The van der Waals surface area contributed by atoms with Crippen molar-refractivity contribution in [3.63, 3.8) is 0 Å². The molecule has 0 spiro atoms. The van der Waals surface area contributed by atoms with Crippen LogP contribution >= 0.6 is 23.2 Å². The fourth-order valence-corrected chi connectivity index (χ4v) is 5.92. The summed E-state index contributed by atoms with van der Waals surface area (Å²) in [6, 6.07) is 15.3. The number of sulfonamides is 1. The van der Waals surface area contributed by atoms with Gasteiger partial charge in [-0.2, -0.15) is 0 Å². The van der Waals surface area contributed by atoms with Crippen molar-refractivity contribution in [3.05, 3.63) is 82.6 Å². The minimum absolute atomic E-state index is 0.106. The van der Waals surface area contributed by atoms with E-state index in [2.05, 4.69) is 15.3 Å². The maximum absolute atomic E-state index is 12.9. The van der Waals surface area contributed by atoms with Gasteiger partial charge in [0.05, 0.1) is 38.3 Å². The number of halogens is 2.